The molecule has 0 amide bonds. The number of aliphatic carboxylic acids is 1. The van der Waals surface area contributed by atoms with Crippen molar-refractivity contribution in [3.63, 3.8) is 0 Å². The number of carboxylic acid groups (broad SMARTS) is 1. The van der Waals surface area contributed by atoms with E-state index in [0.717, 1.165) is 61.9 Å². The number of nitrogens with one attached hydrogen (secondary N) is 2. The van der Waals surface area contributed by atoms with Crippen molar-refractivity contribution in [3.8, 4) is 11.5 Å². The molecule has 13 heteroatoms. The van der Waals surface area contributed by atoms with Crippen LogP contribution < -0.4 is 20.1 Å². The topological polar surface area (TPSA) is 83.1 Å². The summed E-state index contributed by atoms with van der Waals surface area (Å²) in [6.45, 7) is 1.02. The molecule has 2 aliphatic rings. The Morgan fingerprint density at radius 1 is 1.10 bits per heavy atom. The number of hydrogen-bond acceptors (Lipinski definition) is 5. The quantitative estimate of drug-likeness (QED) is 0.336. The summed E-state index contributed by atoms with van der Waals surface area (Å²) in [5, 5.41) is 13.5. The number of nitrogens with zero attached hydrogens (tertiary/aromatic N) is 1. The predicted molar refractivity (Wildman–Crippen MR) is 139 cm³/mol. The van der Waals surface area contributed by atoms with Gasteiger partial charge in [-0.3, -0.25) is 0 Å². The smallest absolute Gasteiger partial charge is 0.490 e. The number of fused-ring (bicyclic) bond motifs is 1. The largest absolute Gasteiger partial charge is 0.493 e. The van der Waals surface area contributed by atoms with Crippen LogP contribution in [-0.4, -0.2) is 67.2 Å². The van der Waals surface area contributed by atoms with Crippen molar-refractivity contribution in [2.24, 2.45) is 0 Å². The second kappa shape index (κ2) is 12.3. The number of likely N-dealkylation sites (tertiary alicyclic amines) is 1. The molecule has 3 atom stereocenters. The van der Waals surface area contributed by atoms with Crippen LogP contribution in [-0.2, 0) is 10.2 Å². The fraction of sp³-hybridized carbons (Fsp3) is 0.462. The second-order valence-corrected chi connectivity index (χ2v) is 9.88. The first-order chi connectivity index (χ1) is 18.3. The average molecular weight is 576 g/mol. The van der Waals surface area contributed by atoms with Gasteiger partial charge in [0.15, 0.2) is 16.6 Å². The molecule has 0 spiro atoms. The lowest BCUT2D eigenvalue weighted by atomic mass is 9.65. The summed E-state index contributed by atoms with van der Waals surface area (Å²) in [6.07, 6.45) is -1.19. The molecule has 0 radical (unpaired) electrons. The molecule has 1 aliphatic heterocycles. The Balaban J connectivity index is 0.000000532. The summed E-state index contributed by atoms with van der Waals surface area (Å²) < 4.78 is 70.1. The maximum atomic E-state index is 13.9. The molecule has 4 rings (SSSR count). The van der Waals surface area contributed by atoms with Crippen LogP contribution in [0.25, 0.3) is 0 Å². The van der Waals surface area contributed by atoms with Gasteiger partial charge in [-0.15, -0.1) is 0 Å². The Hall–Kier alpha value is -3.19. The fourth-order valence-electron chi connectivity index (χ4n) is 5.33. The van der Waals surface area contributed by atoms with E-state index in [1.54, 1.807) is 14.2 Å². The number of thiocarbonyl (C=S) groups is 1. The molecule has 2 aromatic rings. The van der Waals surface area contributed by atoms with E-state index in [0.29, 0.717) is 11.2 Å². The number of halogens is 5. The van der Waals surface area contributed by atoms with E-state index in [-0.39, 0.29) is 17.1 Å². The molecule has 1 aliphatic carbocycles. The van der Waals surface area contributed by atoms with E-state index in [2.05, 4.69) is 34.7 Å². The first kappa shape index (κ1) is 30.4. The molecule has 2 aromatic carbocycles. The zero-order valence-electron chi connectivity index (χ0n) is 21.6. The lowest BCUT2D eigenvalue weighted by molar-refractivity contribution is -0.192. The number of hydrogen-bond donors (Lipinski definition) is 3. The molecule has 1 saturated heterocycles. The molecule has 0 unspecified atom stereocenters. The van der Waals surface area contributed by atoms with E-state index in [1.807, 2.05) is 6.07 Å². The molecular formula is C26H30F5N3O4S. The van der Waals surface area contributed by atoms with Gasteiger partial charge in [0, 0.05) is 23.6 Å². The monoisotopic (exact) mass is 575 g/mol. The van der Waals surface area contributed by atoms with Crippen molar-refractivity contribution in [1.82, 2.24) is 10.2 Å². The highest BCUT2D eigenvalue weighted by Crippen LogP contribution is 2.49. The summed E-state index contributed by atoms with van der Waals surface area (Å²) in [4.78, 5) is 11.3. The summed E-state index contributed by atoms with van der Waals surface area (Å²) in [5.41, 5.74) is 1.34. The number of alkyl halides is 3. The number of carboxylic acids is 1. The molecule has 0 bridgehead atoms. The summed E-state index contributed by atoms with van der Waals surface area (Å²) in [6, 6.07) is 10.0. The van der Waals surface area contributed by atoms with E-state index >= 15 is 0 Å². The van der Waals surface area contributed by atoms with Gasteiger partial charge in [0.05, 0.1) is 19.9 Å². The summed E-state index contributed by atoms with van der Waals surface area (Å²) >= 11 is 5.40. The molecule has 39 heavy (non-hydrogen) atoms. The number of likely N-dealkylation sites (N-methyl/N-ethyl adjacent to an activating group) is 1. The molecule has 214 valence electrons. The Labute approximate surface area is 228 Å². The van der Waals surface area contributed by atoms with Gasteiger partial charge in [0.2, 0.25) is 0 Å². The van der Waals surface area contributed by atoms with Crippen molar-refractivity contribution in [1.29, 1.82) is 0 Å². The zero-order valence-corrected chi connectivity index (χ0v) is 22.4. The molecule has 1 heterocycles. The van der Waals surface area contributed by atoms with Gasteiger partial charge >= 0.3 is 12.1 Å². The lowest BCUT2D eigenvalue weighted by Gasteiger charge is -2.45. The fourth-order valence-corrected chi connectivity index (χ4v) is 5.61. The maximum Gasteiger partial charge on any atom is 0.490 e. The Bertz CT molecular complexity index is 1200. The van der Waals surface area contributed by atoms with Gasteiger partial charge in [-0.1, -0.05) is 6.07 Å². The highest BCUT2D eigenvalue weighted by atomic mass is 32.1. The zero-order chi connectivity index (χ0) is 29.0. The highest BCUT2D eigenvalue weighted by Gasteiger charge is 2.50. The van der Waals surface area contributed by atoms with Crippen molar-refractivity contribution < 1.29 is 41.3 Å². The van der Waals surface area contributed by atoms with Crippen molar-refractivity contribution in [2.45, 2.75) is 49.4 Å². The van der Waals surface area contributed by atoms with Crippen LogP contribution in [0.3, 0.4) is 0 Å². The summed E-state index contributed by atoms with van der Waals surface area (Å²) in [5.74, 6) is -2.33. The van der Waals surface area contributed by atoms with Crippen LogP contribution in [0.5, 0.6) is 11.5 Å². The van der Waals surface area contributed by atoms with Gasteiger partial charge < -0.3 is 30.1 Å². The molecule has 3 N–H and O–H groups in total. The van der Waals surface area contributed by atoms with E-state index < -0.39 is 23.8 Å². The standard InChI is InChI=1S/C24H29F2N3O2S.C2HF3O2/c1-29-11-10-24(15-4-7-20(30-2)21(12-15)31-3)9-8-17(14-22(24)29)27-23(32)28-19-13-16(25)5-6-18(19)26;3-2(4,5)1(6)7/h4-7,12-13,17,22H,8-11,14H2,1-3H3,(H2,27,28,32);(H,6,7)/t17-,22+,24+;/m1./s1. The van der Waals surface area contributed by atoms with Crippen LogP contribution in [0, 0.1) is 11.6 Å². The van der Waals surface area contributed by atoms with Gasteiger partial charge in [-0.25, -0.2) is 13.6 Å². The van der Waals surface area contributed by atoms with Crippen molar-refractivity contribution >= 4 is 29.0 Å². The SMILES string of the molecule is COc1ccc([C@@]23CC[C@@H](NC(=S)Nc4cc(F)ccc4F)C[C@@H]2N(C)CC3)cc1OC.O=C(O)C(F)(F)F. The Kier molecular flexibility index (Phi) is 9.60. The van der Waals surface area contributed by atoms with Crippen LogP contribution >= 0.6 is 12.2 Å². The van der Waals surface area contributed by atoms with Crippen LogP contribution in [0.2, 0.25) is 0 Å². The van der Waals surface area contributed by atoms with Gasteiger partial charge in [0.1, 0.15) is 11.6 Å². The highest BCUT2D eigenvalue weighted by molar-refractivity contribution is 7.80. The minimum absolute atomic E-state index is 0.0379. The van der Waals surface area contributed by atoms with E-state index in [1.165, 1.54) is 5.56 Å². The number of methoxy groups -OCH3 is 2. The number of rotatable bonds is 5. The molecule has 2 fully saturated rings. The second-order valence-electron chi connectivity index (χ2n) is 9.47. The summed E-state index contributed by atoms with van der Waals surface area (Å²) in [7, 11) is 5.47. The number of benzene rings is 2. The van der Waals surface area contributed by atoms with Crippen LogP contribution in [0.1, 0.15) is 31.2 Å². The third kappa shape index (κ3) is 7.07. The number of anilines is 1. The van der Waals surface area contributed by atoms with E-state index in [4.69, 9.17) is 31.6 Å². The van der Waals surface area contributed by atoms with Gasteiger partial charge in [-0.05, 0) is 81.3 Å². The third-order valence-electron chi connectivity index (χ3n) is 7.24. The predicted octanol–water partition coefficient (Wildman–Crippen LogP) is 5.10. The van der Waals surface area contributed by atoms with E-state index in [9.17, 15) is 22.0 Å². The molecular weight excluding hydrogens is 545 g/mol. The first-order valence-electron chi connectivity index (χ1n) is 12.1. The molecule has 7 nitrogen and oxygen atoms in total. The average Bonchev–Trinajstić information content (AvgIpc) is 3.22. The lowest BCUT2D eigenvalue weighted by Crippen LogP contribution is -2.52. The minimum Gasteiger partial charge on any atom is -0.493 e. The minimum atomic E-state index is -5.08. The molecule has 1 saturated carbocycles. The number of carbonyl (C=O) groups is 1. The van der Waals surface area contributed by atoms with Crippen LogP contribution in [0.15, 0.2) is 36.4 Å². The number of ether oxygens (including phenoxy) is 2. The van der Waals surface area contributed by atoms with Crippen LogP contribution in [0.4, 0.5) is 27.6 Å². The van der Waals surface area contributed by atoms with Crippen molar-refractivity contribution in [3.05, 3.63) is 53.6 Å². The normalized spacial score (nSPS) is 22.7. The first-order valence-corrected chi connectivity index (χ1v) is 12.5. The Morgan fingerprint density at radius 2 is 1.77 bits per heavy atom. The van der Waals surface area contributed by atoms with Gasteiger partial charge in [0.25, 0.3) is 0 Å². The van der Waals surface area contributed by atoms with Gasteiger partial charge in [-0.2, -0.15) is 13.2 Å². The maximum absolute atomic E-state index is 13.9. The van der Waals surface area contributed by atoms with Crippen molar-refractivity contribution in [2.75, 3.05) is 33.1 Å². The third-order valence-corrected chi connectivity index (χ3v) is 7.46. The molecule has 0 aromatic heterocycles. The Morgan fingerprint density at radius 3 is 2.38 bits per heavy atom.